The van der Waals surface area contributed by atoms with Crippen LogP contribution in [-0.2, 0) is 31.9 Å². The topological polar surface area (TPSA) is 88.1 Å². The average molecular weight is 622 g/mol. The Balaban J connectivity index is 0.00000146. The Kier molecular flexibility index (Phi) is 19.2. The summed E-state index contributed by atoms with van der Waals surface area (Å²) >= 11 is 3.43. The van der Waals surface area contributed by atoms with Crippen molar-refractivity contribution in [1.29, 1.82) is 0 Å². The number of rotatable bonds is 19. The van der Waals surface area contributed by atoms with Crippen molar-refractivity contribution in [2.45, 2.75) is 85.5 Å². The number of esters is 1. The van der Waals surface area contributed by atoms with Gasteiger partial charge in [-0.05, 0) is 88.3 Å². The fourth-order valence-corrected chi connectivity index (χ4v) is 4.40. The van der Waals surface area contributed by atoms with Gasteiger partial charge in [0.05, 0.1) is 26.4 Å². The van der Waals surface area contributed by atoms with E-state index in [-0.39, 0.29) is 11.8 Å². The Morgan fingerprint density at radius 1 is 0.875 bits per heavy atom. The Bertz CT molecular complexity index is 1020. The van der Waals surface area contributed by atoms with Crippen LogP contribution in [-0.4, -0.2) is 44.7 Å². The van der Waals surface area contributed by atoms with Crippen LogP contribution in [0, 0.1) is 0 Å². The van der Waals surface area contributed by atoms with Crippen LogP contribution in [0.2, 0.25) is 0 Å². The SMILES string of the molecule is CCCCOc1cccc(CCCCCCOc2cc(Br)cc(C(C)=O)c2)c1CCC(=O)OCC.CCOC=O. The van der Waals surface area contributed by atoms with E-state index in [1.807, 2.05) is 25.1 Å². The molecule has 0 aliphatic carbocycles. The Morgan fingerprint density at radius 2 is 1.62 bits per heavy atom. The third kappa shape index (κ3) is 15.1. The van der Waals surface area contributed by atoms with E-state index < -0.39 is 0 Å². The lowest BCUT2D eigenvalue weighted by molar-refractivity contribution is -0.143. The Morgan fingerprint density at radius 3 is 2.27 bits per heavy atom. The lowest BCUT2D eigenvalue weighted by atomic mass is 9.96. The maximum atomic E-state index is 11.9. The lowest BCUT2D eigenvalue weighted by Gasteiger charge is -2.16. The number of unbranched alkanes of at least 4 members (excludes halogenated alkanes) is 4. The maximum Gasteiger partial charge on any atom is 0.306 e. The third-order valence-electron chi connectivity index (χ3n) is 5.99. The minimum atomic E-state index is -0.164. The quantitative estimate of drug-likeness (QED) is 0.0688. The van der Waals surface area contributed by atoms with Crippen LogP contribution in [0.1, 0.15) is 94.1 Å². The van der Waals surface area contributed by atoms with E-state index >= 15 is 0 Å². The zero-order valence-corrected chi connectivity index (χ0v) is 26.1. The van der Waals surface area contributed by atoms with Crippen LogP contribution in [0.4, 0.5) is 0 Å². The van der Waals surface area contributed by atoms with Crippen molar-refractivity contribution >= 4 is 34.2 Å². The number of halogens is 1. The number of hydrogen-bond donors (Lipinski definition) is 0. The third-order valence-corrected chi connectivity index (χ3v) is 6.45. The zero-order valence-electron chi connectivity index (χ0n) is 24.5. The molecule has 0 saturated heterocycles. The van der Waals surface area contributed by atoms with Crippen LogP contribution in [0.25, 0.3) is 0 Å². The average Bonchev–Trinajstić information content (AvgIpc) is 2.92. The number of carbonyl (C=O) groups is 3. The first kappa shape index (κ1) is 35.2. The first-order chi connectivity index (χ1) is 19.4. The van der Waals surface area contributed by atoms with Crippen molar-refractivity contribution in [1.82, 2.24) is 0 Å². The van der Waals surface area contributed by atoms with Crippen LogP contribution in [0.15, 0.2) is 40.9 Å². The van der Waals surface area contributed by atoms with Crippen molar-refractivity contribution in [3.63, 3.8) is 0 Å². The summed E-state index contributed by atoms with van der Waals surface area (Å²) < 4.78 is 22.0. The highest BCUT2D eigenvalue weighted by atomic mass is 79.9. The molecule has 0 aliphatic heterocycles. The van der Waals surface area contributed by atoms with E-state index in [0.29, 0.717) is 51.3 Å². The van der Waals surface area contributed by atoms with Gasteiger partial charge in [-0.2, -0.15) is 0 Å². The van der Waals surface area contributed by atoms with Crippen molar-refractivity contribution < 1.29 is 33.3 Å². The number of ether oxygens (including phenoxy) is 4. The number of hydrogen-bond acceptors (Lipinski definition) is 7. The summed E-state index contributed by atoms with van der Waals surface area (Å²) in [5.74, 6) is 1.48. The second-order valence-electron chi connectivity index (χ2n) is 9.20. The maximum absolute atomic E-state index is 11.9. The molecule has 0 bridgehead atoms. The van der Waals surface area contributed by atoms with Gasteiger partial charge in [-0.1, -0.05) is 54.2 Å². The first-order valence-electron chi connectivity index (χ1n) is 14.2. The summed E-state index contributed by atoms with van der Waals surface area (Å²) in [7, 11) is 0. The molecular formula is C32H45BrO7. The molecule has 40 heavy (non-hydrogen) atoms. The van der Waals surface area contributed by atoms with Gasteiger partial charge in [0.25, 0.3) is 6.47 Å². The smallest absolute Gasteiger partial charge is 0.306 e. The van der Waals surface area contributed by atoms with Crippen molar-refractivity contribution in [2.24, 2.45) is 0 Å². The molecule has 8 heteroatoms. The fraction of sp³-hybridized carbons (Fsp3) is 0.531. The summed E-state index contributed by atoms with van der Waals surface area (Å²) in [5, 5.41) is 0. The van der Waals surface area contributed by atoms with Gasteiger partial charge >= 0.3 is 5.97 Å². The predicted octanol–water partition coefficient (Wildman–Crippen LogP) is 7.69. The fourth-order valence-electron chi connectivity index (χ4n) is 3.93. The van der Waals surface area contributed by atoms with E-state index in [2.05, 4.69) is 33.7 Å². The van der Waals surface area contributed by atoms with Crippen LogP contribution in [0.3, 0.4) is 0 Å². The molecule has 0 amide bonds. The molecule has 2 aromatic rings. The van der Waals surface area contributed by atoms with Gasteiger partial charge in [-0.3, -0.25) is 14.4 Å². The normalized spacial score (nSPS) is 10.2. The van der Waals surface area contributed by atoms with E-state index in [0.717, 1.165) is 66.5 Å². The number of aryl methyl sites for hydroxylation is 1. The molecule has 2 aromatic carbocycles. The zero-order chi connectivity index (χ0) is 29.6. The number of benzene rings is 2. The van der Waals surface area contributed by atoms with Gasteiger partial charge in [0.1, 0.15) is 11.5 Å². The molecule has 0 aromatic heterocycles. The van der Waals surface area contributed by atoms with Gasteiger partial charge in [0, 0.05) is 16.5 Å². The lowest BCUT2D eigenvalue weighted by Crippen LogP contribution is -2.08. The second kappa shape index (κ2) is 21.9. The molecule has 0 fully saturated rings. The molecule has 0 aliphatic rings. The van der Waals surface area contributed by atoms with Gasteiger partial charge in [0.2, 0.25) is 0 Å². The molecule has 0 heterocycles. The highest BCUT2D eigenvalue weighted by Gasteiger charge is 2.13. The summed E-state index contributed by atoms with van der Waals surface area (Å²) in [6.45, 7) is 9.92. The molecule has 222 valence electrons. The summed E-state index contributed by atoms with van der Waals surface area (Å²) in [6, 6.07) is 11.7. The van der Waals surface area contributed by atoms with Gasteiger partial charge in [-0.25, -0.2) is 0 Å². The van der Waals surface area contributed by atoms with Gasteiger partial charge in [-0.15, -0.1) is 0 Å². The van der Waals surface area contributed by atoms with E-state index in [9.17, 15) is 14.4 Å². The first-order valence-corrected chi connectivity index (χ1v) is 15.0. The molecule has 0 atom stereocenters. The Labute approximate surface area is 248 Å². The summed E-state index contributed by atoms with van der Waals surface area (Å²) in [6.07, 6.45) is 8.25. The molecule has 0 N–H and O–H groups in total. The minimum Gasteiger partial charge on any atom is -0.494 e. The summed E-state index contributed by atoms with van der Waals surface area (Å²) in [5.41, 5.74) is 3.04. The molecule has 0 unspecified atom stereocenters. The Hall–Kier alpha value is -2.87. The standard InChI is InChI=1S/C29H39BrO5.C3H6O2/c1-4-6-17-35-28-14-11-13-23(27(28)15-16-29(32)33-5-2)12-9-7-8-10-18-34-26-20-24(22(3)31)19-25(30)21-26;1-2-5-3-4/h11,13-14,19-21H,4-10,12,15-18H2,1-3H3;3H,2H2,1H3. The molecular weight excluding hydrogens is 576 g/mol. The van der Waals surface area contributed by atoms with Gasteiger partial charge in [0.15, 0.2) is 5.78 Å². The minimum absolute atomic E-state index is 0.0256. The monoisotopic (exact) mass is 620 g/mol. The predicted molar refractivity (Wildman–Crippen MR) is 161 cm³/mol. The number of ketones is 1. The second-order valence-corrected chi connectivity index (χ2v) is 10.1. The van der Waals surface area contributed by atoms with Crippen LogP contribution in [0.5, 0.6) is 11.5 Å². The van der Waals surface area contributed by atoms with Crippen LogP contribution < -0.4 is 9.47 Å². The van der Waals surface area contributed by atoms with Crippen molar-refractivity contribution in [3.05, 3.63) is 57.6 Å². The van der Waals surface area contributed by atoms with Gasteiger partial charge < -0.3 is 18.9 Å². The molecule has 0 saturated carbocycles. The highest BCUT2D eigenvalue weighted by Crippen LogP contribution is 2.27. The largest absolute Gasteiger partial charge is 0.494 e. The summed E-state index contributed by atoms with van der Waals surface area (Å²) in [4.78, 5) is 32.7. The van der Waals surface area contributed by atoms with Crippen molar-refractivity contribution in [2.75, 3.05) is 26.4 Å². The van der Waals surface area contributed by atoms with Crippen molar-refractivity contribution in [3.8, 4) is 11.5 Å². The van der Waals surface area contributed by atoms with E-state index in [4.69, 9.17) is 14.2 Å². The molecule has 0 spiro atoms. The molecule has 7 nitrogen and oxygen atoms in total. The van der Waals surface area contributed by atoms with E-state index in [1.165, 1.54) is 5.56 Å². The van der Waals surface area contributed by atoms with E-state index in [1.54, 1.807) is 26.0 Å². The molecule has 2 rings (SSSR count). The highest BCUT2D eigenvalue weighted by molar-refractivity contribution is 9.10. The molecule has 0 radical (unpaired) electrons. The van der Waals surface area contributed by atoms with Crippen LogP contribution >= 0.6 is 15.9 Å². The number of carbonyl (C=O) groups excluding carboxylic acids is 3. The number of Topliss-reactive ketones (excluding diaryl/α,β-unsaturated/α-hetero) is 1.